The van der Waals surface area contributed by atoms with Crippen LogP contribution in [0.15, 0.2) is 47.5 Å². The Kier molecular flexibility index (Phi) is 9.07. The highest BCUT2D eigenvalue weighted by molar-refractivity contribution is 8.15. The minimum absolute atomic E-state index is 0.0259. The summed E-state index contributed by atoms with van der Waals surface area (Å²) in [5, 5.41) is 1.85. The molecule has 1 fully saturated rings. The number of nitrogens with one attached hydrogen (secondary N) is 1. The second-order valence-electron chi connectivity index (χ2n) is 7.72. The number of amidine groups is 1. The SMILES string of the molecule is CCCCN1C(=O)[C@H](CC(=O)Nc2ccc(OCC)cc2)SC1=Nc1ccc(Cl)c(C(F)(F)F)c1. The average molecular weight is 528 g/mol. The molecule has 1 heterocycles. The molecule has 6 nitrogen and oxygen atoms in total. The van der Waals surface area contributed by atoms with Crippen LogP contribution in [0.1, 0.15) is 38.7 Å². The van der Waals surface area contributed by atoms with Gasteiger partial charge < -0.3 is 10.1 Å². The average Bonchev–Trinajstić information content (AvgIpc) is 3.08. The maximum Gasteiger partial charge on any atom is 0.417 e. The van der Waals surface area contributed by atoms with Gasteiger partial charge >= 0.3 is 6.18 Å². The molecule has 0 saturated carbocycles. The second kappa shape index (κ2) is 11.8. The fraction of sp³-hybridized carbons (Fsp3) is 0.375. The van der Waals surface area contributed by atoms with Crippen LogP contribution in [-0.4, -0.2) is 40.3 Å². The molecule has 0 bridgehead atoms. The van der Waals surface area contributed by atoms with Crippen molar-refractivity contribution in [2.24, 2.45) is 4.99 Å². The zero-order chi connectivity index (χ0) is 25.6. The van der Waals surface area contributed by atoms with E-state index in [1.54, 1.807) is 24.3 Å². The largest absolute Gasteiger partial charge is 0.494 e. The summed E-state index contributed by atoms with van der Waals surface area (Å²) in [4.78, 5) is 31.4. The molecular weight excluding hydrogens is 503 g/mol. The van der Waals surface area contributed by atoms with Crippen molar-refractivity contribution in [2.75, 3.05) is 18.5 Å². The van der Waals surface area contributed by atoms with Gasteiger partial charge in [0, 0.05) is 18.7 Å². The Balaban J connectivity index is 1.76. The van der Waals surface area contributed by atoms with E-state index >= 15 is 0 Å². The Hall–Kier alpha value is -2.72. The van der Waals surface area contributed by atoms with E-state index in [4.69, 9.17) is 16.3 Å². The lowest BCUT2D eigenvalue weighted by atomic mass is 10.2. The van der Waals surface area contributed by atoms with Gasteiger partial charge in [0.25, 0.3) is 0 Å². The van der Waals surface area contributed by atoms with Gasteiger partial charge in [-0.25, -0.2) is 4.99 Å². The van der Waals surface area contributed by atoms with Gasteiger partial charge in [0.15, 0.2) is 5.17 Å². The van der Waals surface area contributed by atoms with Crippen molar-refractivity contribution >= 4 is 51.7 Å². The Labute approximate surface area is 210 Å². The lowest BCUT2D eigenvalue weighted by Crippen LogP contribution is -2.34. The van der Waals surface area contributed by atoms with Crippen LogP contribution in [0.25, 0.3) is 0 Å². The van der Waals surface area contributed by atoms with E-state index in [-0.39, 0.29) is 29.1 Å². The molecule has 0 spiro atoms. The van der Waals surface area contributed by atoms with Crippen molar-refractivity contribution in [3.63, 3.8) is 0 Å². The van der Waals surface area contributed by atoms with Crippen LogP contribution in [0.2, 0.25) is 5.02 Å². The van der Waals surface area contributed by atoms with Gasteiger partial charge in [0.2, 0.25) is 11.8 Å². The fourth-order valence-corrected chi connectivity index (χ4v) is 4.75. The van der Waals surface area contributed by atoms with Crippen LogP contribution in [0.5, 0.6) is 5.75 Å². The number of alkyl halides is 3. The number of hydrogen-bond donors (Lipinski definition) is 1. The predicted molar refractivity (Wildman–Crippen MR) is 132 cm³/mol. The van der Waals surface area contributed by atoms with Crippen molar-refractivity contribution in [1.29, 1.82) is 0 Å². The van der Waals surface area contributed by atoms with Crippen molar-refractivity contribution < 1.29 is 27.5 Å². The quantitative estimate of drug-likeness (QED) is 0.403. The Morgan fingerprint density at radius 3 is 2.54 bits per heavy atom. The smallest absolute Gasteiger partial charge is 0.417 e. The first-order valence-corrected chi connectivity index (χ1v) is 12.3. The molecule has 2 aromatic carbocycles. The standard InChI is InChI=1S/C24H25ClF3N3O3S/c1-3-5-12-31-22(33)20(14-21(32)29-15-6-9-17(10-7-15)34-4-2)35-23(31)30-16-8-11-19(25)18(13-16)24(26,27)28/h6-11,13,20H,3-5,12,14H2,1-2H3,(H,29,32)/t20-/m0/s1. The normalized spacial score (nSPS) is 17.2. The number of anilines is 1. The summed E-state index contributed by atoms with van der Waals surface area (Å²) in [5.74, 6) is 0.0203. The third-order valence-electron chi connectivity index (χ3n) is 5.06. The van der Waals surface area contributed by atoms with Crippen LogP contribution < -0.4 is 10.1 Å². The Morgan fingerprint density at radius 1 is 1.20 bits per heavy atom. The molecule has 35 heavy (non-hydrogen) atoms. The number of rotatable bonds is 9. The highest BCUT2D eigenvalue weighted by Crippen LogP contribution is 2.38. The second-order valence-corrected chi connectivity index (χ2v) is 9.29. The first kappa shape index (κ1) is 26.9. The van der Waals surface area contributed by atoms with Crippen LogP contribution in [0, 0.1) is 0 Å². The van der Waals surface area contributed by atoms with Crippen molar-refractivity contribution in [1.82, 2.24) is 4.90 Å². The minimum Gasteiger partial charge on any atom is -0.494 e. The van der Waals surface area contributed by atoms with Gasteiger partial charge in [-0.2, -0.15) is 13.2 Å². The third-order valence-corrected chi connectivity index (χ3v) is 6.56. The van der Waals surface area contributed by atoms with Crippen LogP contribution >= 0.6 is 23.4 Å². The van der Waals surface area contributed by atoms with E-state index in [9.17, 15) is 22.8 Å². The van der Waals surface area contributed by atoms with Crippen LogP contribution in [0.4, 0.5) is 24.5 Å². The summed E-state index contributed by atoms with van der Waals surface area (Å²) in [6, 6.07) is 10.2. The summed E-state index contributed by atoms with van der Waals surface area (Å²) in [6.45, 7) is 4.72. The van der Waals surface area contributed by atoms with E-state index in [0.717, 1.165) is 30.3 Å². The van der Waals surface area contributed by atoms with Gasteiger partial charge in [-0.15, -0.1) is 0 Å². The van der Waals surface area contributed by atoms with Crippen LogP contribution in [0.3, 0.4) is 0 Å². The number of aliphatic imine (C=N–C) groups is 1. The zero-order valence-electron chi connectivity index (χ0n) is 19.2. The molecule has 0 aromatic heterocycles. The molecule has 11 heteroatoms. The van der Waals surface area contributed by atoms with E-state index in [1.165, 1.54) is 11.0 Å². The number of benzene rings is 2. The lowest BCUT2D eigenvalue weighted by molar-refractivity contribution is -0.137. The van der Waals surface area contributed by atoms with Gasteiger partial charge in [0.1, 0.15) is 11.0 Å². The lowest BCUT2D eigenvalue weighted by Gasteiger charge is -2.16. The zero-order valence-corrected chi connectivity index (χ0v) is 20.8. The maximum atomic E-state index is 13.2. The number of carbonyl (C=O) groups is 2. The van der Waals surface area contributed by atoms with Gasteiger partial charge in [-0.05, 0) is 55.8 Å². The Morgan fingerprint density at radius 2 is 1.91 bits per heavy atom. The first-order chi connectivity index (χ1) is 16.6. The summed E-state index contributed by atoms with van der Waals surface area (Å²) in [7, 11) is 0. The van der Waals surface area contributed by atoms with Crippen molar-refractivity contribution in [3.05, 3.63) is 53.1 Å². The number of ether oxygens (including phenoxy) is 1. The number of amides is 2. The summed E-state index contributed by atoms with van der Waals surface area (Å²) in [5.41, 5.74) is -0.411. The molecule has 1 aliphatic heterocycles. The van der Waals surface area contributed by atoms with Crippen molar-refractivity contribution in [2.45, 2.75) is 44.5 Å². The fourth-order valence-electron chi connectivity index (χ4n) is 3.34. The molecule has 2 aromatic rings. The number of unbranched alkanes of at least 4 members (excludes halogenated alkanes) is 1. The highest BCUT2D eigenvalue weighted by atomic mass is 35.5. The molecule has 188 valence electrons. The molecule has 2 amide bonds. The van der Waals surface area contributed by atoms with E-state index in [1.807, 2.05) is 13.8 Å². The molecule has 0 radical (unpaired) electrons. The number of halogens is 4. The van der Waals surface area contributed by atoms with Crippen LogP contribution in [-0.2, 0) is 15.8 Å². The topological polar surface area (TPSA) is 71.0 Å². The number of carbonyl (C=O) groups excluding carboxylic acids is 2. The van der Waals surface area contributed by atoms with E-state index < -0.39 is 22.0 Å². The van der Waals surface area contributed by atoms with E-state index in [0.29, 0.717) is 31.0 Å². The summed E-state index contributed by atoms with van der Waals surface area (Å²) >= 11 is 6.77. The van der Waals surface area contributed by atoms with Gasteiger partial charge in [0.05, 0.1) is 22.9 Å². The highest BCUT2D eigenvalue weighted by Gasteiger charge is 2.39. The summed E-state index contributed by atoms with van der Waals surface area (Å²) < 4.78 is 45.1. The minimum atomic E-state index is -4.63. The summed E-state index contributed by atoms with van der Waals surface area (Å²) in [6.07, 6.45) is -3.24. The monoisotopic (exact) mass is 527 g/mol. The molecule has 1 aliphatic rings. The van der Waals surface area contributed by atoms with E-state index in [2.05, 4.69) is 10.3 Å². The molecule has 1 saturated heterocycles. The first-order valence-electron chi connectivity index (χ1n) is 11.1. The Bertz CT molecular complexity index is 1090. The third kappa shape index (κ3) is 7.14. The maximum absolute atomic E-state index is 13.2. The molecular formula is C24H25ClF3N3O3S. The number of nitrogens with zero attached hydrogens (tertiary/aromatic N) is 2. The predicted octanol–water partition coefficient (Wildman–Crippen LogP) is 6.52. The number of hydrogen-bond acceptors (Lipinski definition) is 5. The van der Waals surface area contributed by atoms with Gasteiger partial charge in [-0.1, -0.05) is 36.7 Å². The molecule has 0 aliphatic carbocycles. The molecule has 1 N–H and O–H groups in total. The molecule has 0 unspecified atom stereocenters. The molecule has 1 atom stereocenters. The van der Waals surface area contributed by atoms with Crippen molar-refractivity contribution in [3.8, 4) is 5.75 Å². The number of thioether (sulfide) groups is 1. The molecule has 3 rings (SSSR count). The van der Waals surface area contributed by atoms with Gasteiger partial charge in [-0.3, -0.25) is 14.5 Å².